The Kier molecular flexibility index (Phi) is 8.29. The lowest BCUT2D eigenvalue weighted by Crippen LogP contribution is -2.40. The highest BCUT2D eigenvalue weighted by molar-refractivity contribution is 7.92. The van der Waals surface area contributed by atoms with Crippen molar-refractivity contribution in [2.45, 2.75) is 46.6 Å². The van der Waals surface area contributed by atoms with Gasteiger partial charge in [0.25, 0.3) is 0 Å². The van der Waals surface area contributed by atoms with E-state index in [1.54, 1.807) is 12.1 Å². The number of hydrogen-bond donors (Lipinski definition) is 1. The minimum absolute atomic E-state index is 0.140. The highest BCUT2D eigenvalue weighted by Crippen LogP contribution is 2.21. The highest BCUT2D eigenvalue weighted by Gasteiger charge is 2.21. The molecule has 1 amide bonds. The Bertz CT molecular complexity index is 933. The summed E-state index contributed by atoms with van der Waals surface area (Å²) in [5.41, 5.74) is 3.56. The van der Waals surface area contributed by atoms with Crippen molar-refractivity contribution in [1.82, 2.24) is 5.32 Å². The van der Waals surface area contributed by atoms with Crippen molar-refractivity contribution in [1.29, 1.82) is 0 Å². The van der Waals surface area contributed by atoms with Crippen molar-refractivity contribution >= 4 is 21.6 Å². The van der Waals surface area contributed by atoms with Crippen LogP contribution >= 0.6 is 0 Å². The van der Waals surface area contributed by atoms with E-state index in [0.717, 1.165) is 45.8 Å². The molecule has 0 aromatic heterocycles. The first-order valence-electron chi connectivity index (χ1n) is 10.1. The van der Waals surface area contributed by atoms with Gasteiger partial charge in [-0.3, -0.25) is 9.10 Å². The Morgan fingerprint density at radius 3 is 2.20 bits per heavy atom. The maximum absolute atomic E-state index is 12.4. The number of rotatable bonds is 10. The summed E-state index contributed by atoms with van der Waals surface area (Å²) in [4.78, 5) is 12.4. The number of nitrogens with zero attached hydrogens (tertiary/aromatic N) is 1. The summed E-state index contributed by atoms with van der Waals surface area (Å²) in [5.74, 6) is 0.523. The Balaban J connectivity index is 1.87. The minimum Gasteiger partial charge on any atom is -0.491 e. The molecule has 2 aromatic carbocycles. The zero-order valence-corrected chi connectivity index (χ0v) is 19.3. The largest absolute Gasteiger partial charge is 0.491 e. The number of carbonyl (C=O) groups excluding carboxylic acids is 1. The predicted molar refractivity (Wildman–Crippen MR) is 122 cm³/mol. The van der Waals surface area contributed by atoms with Crippen LogP contribution < -0.4 is 14.4 Å². The Labute approximate surface area is 180 Å². The molecule has 0 aliphatic rings. The number of carbonyl (C=O) groups is 1. The van der Waals surface area contributed by atoms with Crippen molar-refractivity contribution in [2.75, 3.05) is 23.7 Å². The topological polar surface area (TPSA) is 75.7 Å². The SMILES string of the molecule is Cc1cc(C)cc(N(CC(=O)NCCCc2ccc(OC(C)C)cc2)S(C)(=O)=O)c1. The minimum atomic E-state index is -3.57. The fourth-order valence-electron chi connectivity index (χ4n) is 3.21. The molecule has 0 saturated heterocycles. The van der Waals surface area contributed by atoms with Gasteiger partial charge >= 0.3 is 0 Å². The lowest BCUT2D eigenvalue weighted by Gasteiger charge is -2.22. The first kappa shape index (κ1) is 23.7. The van der Waals surface area contributed by atoms with Crippen LogP contribution in [-0.4, -0.2) is 39.8 Å². The molecule has 0 radical (unpaired) electrons. The molecular weight excluding hydrogens is 400 g/mol. The zero-order chi connectivity index (χ0) is 22.3. The zero-order valence-electron chi connectivity index (χ0n) is 18.4. The number of sulfonamides is 1. The van der Waals surface area contributed by atoms with Crippen LogP contribution in [0.25, 0.3) is 0 Å². The maximum atomic E-state index is 12.4. The second kappa shape index (κ2) is 10.5. The Morgan fingerprint density at radius 2 is 1.67 bits per heavy atom. The van der Waals surface area contributed by atoms with Crippen LogP contribution in [-0.2, 0) is 21.2 Å². The molecule has 0 heterocycles. The third-order valence-corrected chi connectivity index (χ3v) is 5.58. The molecule has 7 heteroatoms. The van der Waals surface area contributed by atoms with E-state index in [4.69, 9.17) is 4.74 Å². The summed E-state index contributed by atoms with van der Waals surface area (Å²) in [6.07, 6.45) is 2.83. The van der Waals surface area contributed by atoms with Gasteiger partial charge < -0.3 is 10.1 Å². The molecule has 1 N–H and O–H groups in total. The average molecular weight is 433 g/mol. The molecule has 2 aromatic rings. The van der Waals surface area contributed by atoms with Crippen LogP contribution in [0.4, 0.5) is 5.69 Å². The van der Waals surface area contributed by atoms with E-state index in [9.17, 15) is 13.2 Å². The normalized spacial score (nSPS) is 11.4. The van der Waals surface area contributed by atoms with E-state index in [1.807, 2.05) is 58.0 Å². The summed E-state index contributed by atoms with van der Waals surface area (Å²) in [7, 11) is -3.57. The molecule has 0 bridgehead atoms. The molecule has 2 rings (SSSR count). The van der Waals surface area contributed by atoms with Gasteiger partial charge in [0.1, 0.15) is 12.3 Å². The van der Waals surface area contributed by atoms with Crippen LogP contribution in [0.1, 0.15) is 37.0 Å². The molecule has 164 valence electrons. The van der Waals surface area contributed by atoms with E-state index in [-0.39, 0.29) is 18.6 Å². The summed E-state index contributed by atoms with van der Waals surface area (Å²) >= 11 is 0. The monoisotopic (exact) mass is 432 g/mol. The first-order valence-corrected chi connectivity index (χ1v) is 12.0. The number of aryl methyl sites for hydroxylation is 3. The second-order valence-corrected chi connectivity index (χ2v) is 9.79. The van der Waals surface area contributed by atoms with Crippen LogP contribution in [0.3, 0.4) is 0 Å². The molecule has 0 fully saturated rings. The van der Waals surface area contributed by atoms with E-state index in [0.29, 0.717) is 12.2 Å². The third-order valence-electron chi connectivity index (χ3n) is 4.44. The van der Waals surface area contributed by atoms with Gasteiger partial charge in [-0.25, -0.2) is 8.42 Å². The maximum Gasteiger partial charge on any atom is 0.240 e. The number of benzene rings is 2. The number of ether oxygens (including phenoxy) is 1. The van der Waals surface area contributed by atoms with Gasteiger partial charge in [0.05, 0.1) is 18.0 Å². The molecule has 0 saturated carbocycles. The van der Waals surface area contributed by atoms with E-state index >= 15 is 0 Å². The summed E-state index contributed by atoms with van der Waals surface area (Å²) in [6, 6.07) is 13.4. The summed E-state index contributed by atoms with van der Waals surface area (Å²) in [5, 5.41) is 2.82. The van der Waals surface area contributed by atoms with E-state index in [2.05, 4.69) is 5.32 Å². The van der Waals surface area contributed by atoms with Crippen molar-refractivity contribution < 1.29 is 17.9 Å². The third kappa shape index (κ3) is 7.71. The quantitative estimate of drug-likeness (QED) is 0.582. The first-order chi connectivity index (χ1) is 14.0. The highest BCUT2D eigenvalue weighted by atomic mass is 32.2. The van der Waals surface area contributed by atoms with Crippen LogP contribution in [0.5, 0.6) is 5.75 Å². The van der Waals surface area contributed by atoms with Crippen molar-refractivity contribution in [3.8, 4) is 5.75 Å². The lowest BCUT2D eigenvalue weighted by molar-refractivity contribution is -0.119. The smallest absolute Gasteiger partial charge is 0.240 e. The van der Waals surface area contributed by atoms with E-state index in [1.165, 1.54) is 0 Å². The van der Waals surface area contributed by atoms with Crippen LogP contribution in [0.2, 0.25) is 0 Å². The van der Waals surface area contributed by atoms with Crippen molar-refractivity contribution in [3.63, 3.8) is 0 Å². The van der Waals surface area contributed by atoms with Gasteiger partial charge in [0, 0.05) is 6.54 Å². The fraction of sp³-hybridized carbons (Fsp3) is 0.435. The van der Waals surface area contributed by atoms with E-state index < -0.39 is 10.0 Å². The number of nitrogens with one attached hydrogen (secondary N) is 1. The van der Waals surface area contributed by atoms with Crippen LogP contribution in [0, 0.1) is 13.8 Å². The molecule has 0 unspecified atom stereocenters. The van der Waals surface area contributed by atoms with Crippen LogP contribution in [0.15, 0.2) is 42.5 Å². The fourth-order valence-corrected chi connectivity index (χ4v) is 4.05. The van der Waals surface area contributed by atoms with Crippen molar-refractivity contribution in [2.24, 2.45) is 0 Å². The van der Waals surface area contributed by atoms with Gasteiger partial charge in [-0.05, 0) is 81.5 Å². The lowest BCUT2D eigenvalue weighted by atomic mass is 10.1. The van der Waals surface area contributed by atoms with Gasteiger partial charge in [0.15, 0.2) is 0 Å². The molecule has 30 heavy (non-hydrogen) atoms. The summed E-state index contributed by atoms with van der Waals surface area (Å²) in [6.45, 7) is 8.02. The summed E-state index contributed by atoms with van der Waals surface area (Å²) < 4.78 is 31.2. The molecule has 0 aliphatic heterocycles. The average Bonchev–Trinajstić information content (AvgIpc) is 2.62. The Hall–Kier alpha value is -2.54. The number of anilines is 1. The molecule has 0 spiro atoms. The standard InChI is InChI=1S/C23H32N2O4S/c1-17(2)29-22-10-8-20(9-11-22)7-6-12-24-23(26)16-25(30(5,27)28)21-14-18(3)13-19(4)15-21/h8-11,13-15,17H,6-7,12,16H2,1-5H3,(H,24,26). The van der Waals surface area contributed by atoms with Gasteiger partial charge in [-0.1, -0.05) is 18.2 Å². The van der Waals surface area contributed by atoms with Gasteiger partial charge in [0.2, 0.25) is 15.9 Å². The molecule has 0 atom stereocenters. The van der Waals surface area contributed by atoms with Gasteiger partial charge in [-0.2, -0.15) is 0 Å². The van der Waals surface area contributed by atoms with Crippen molar-refractivity contribution in [3.05, 3.63) is 59.2 Å². The second-order valence-electron chi connectivity index (χ2n) is 7.88. The number of amides is 1. The molecule has 6 nitrogen and oxygen atoms in total. The van der Waals surface area contributed by atoms with Gasteiger partial charge in [-0.15, -0.1) is 0 Å². The Morgan fingerprint density at radius 1 is 1.07 bits per heavy atom. The predicted octanol–water partition coefficient (Wildman–Crippen LogP) is 3.61. The molecule has 0 aliphatic carbocycles. The number of hydrogen-bond acceptors (Lipinski definition) is 4. The molecular formula is C23H32N2O4S.